The van der Waals surface area contributed by atoms with Crippen molar-refractivity contribution in [3.8, 4) is 0 Å². The van der Waals surface area contributed by atoms with Crippen molar-refractivity contribution in [1.82, 2.24) is 0 Å². The fourth-order valence-electron chi connectivity index (χ4n) is 3.13. The molecule has 2 aliphatic heterocycles. The Morgan fingerprint density at radius 2 is 1.57 bits per heavy atom. The Morgan fingerprint density at radius 3 is 2.11 bits per heavy atom. The van der Waals surface area contributed by atoms with Crippen molar-refractivity contribution in [2.75, 3.05) is 13.2 Å². The molecular formula is C15H24O13. The van der Waals surface area contributed by atoms with Gasteiger partial charge in [-0.1, -0.05) is 0 Å². The van der Waals surface area contributed by atoms with Crippen LogP contribution in [0.15, 0.2) is 0 Å². The van der Waals surface area contributed by atoms with Gasteiger partial charge < -0.3 is 55.1 Å². The van der Waals surface area contributed by atoms with Gasteiger partial charge in [-0.25, -0.2) is 4.79 Å². The first-order valence-electron chi connectivity index (χ1n) is 8.46. The summed E-state index contributed by atoms with van der Waals surface area (Å²) < 4.78 is 15.8. The maximum absolute atomic E-state index is 11.5. The fraction of sp³-hybridized carbons (Fsp3) is 0.867. The second-order valence-corrected chi connectivity index (χ2v) is 6.61. The standard InChI is InChI=1S/C15H24O13/c16-2-5(19)12-10(22)9(21)11(23)15(27-12)28-13-6(1-4(18)14(24)25)26-7(3-17)8(13)20/h5-13,15-17,19-23H,1-3H2,(H,24,25)/t5-,6+,7+,8+,9-,10-,11-,12+,13+,15+/m0/s1. The van der Waals surface area contributed by atoms with E-state index in [2.05, 4.69) is 0 Å². The molecule has 0 aromatic heterocycles. The van der Waals surface area contributed by atoms with E-state index in [9.17, 15) is 40.2 Å². The van der Waals surface area contributed by atoms with E-state index in [-0.39, 0.29) is 0 Å². The molecule has 0 radical (unpaired) electrons. The van der Waals surface area contributed by atoms with Gasteiger partial charge in [-0.05, 0) is 0 Å². The maximum atomic E-state index is 11.5. The average Bonchev–Trinajstić information content (AvgIpc) is 2.96. The first kappa shape index (κ1) is 23.0. The Kier molecular flexibility index (Phi) is 7.81. The van der Waals surface area contributed by atoms with Gasteiger partial charge in [0.2, 0.25) is 5.78 Å². The molecular weight excluding hydrogens is 388 g/mol. The maximum Gasteiger partial charge on any atom is 0.372 e. The van der Waals surface area contributed by atoms with Gasteiger partial charge in [0.25, 0.3) is 0 Å². The van der Waals surface area contributed by atoms with E-state index >= 15 is 0 Å². The second kappa shape index (κ2) is 9.49. The smallest absolute Gasteiger partial charge is 0.372 e. The predicted octanol–water partition coefficient (Wildman–Crippen LogP) is -5.30. The van der Waals surface area contributed by atoms with Crippen molar-refractivity contribution in [2.24, 2.45) is 0 Å². The van der Waals surface area contributed by atoms with Crippen molar-refractivity contribution in [2.45, 2.75) is 67.6 Å². The fourth-order valence-corrected chi connectivity index (χ4v) is 3.13. The van der Waals surface area contributed by atoms with Crippen LogP contribution in [-0.2, 0) is 23.8 Å². The topological polar surface area (TPSA) is 224 Å². The predicted molar refractivity (Wildman–Crippen MR) is 83.7 cm³/mol. The van der Waals surface area contributed by atoms with Crippen LogP contribution in [0.5, 0.6) is 0 Å². The summed E-state index contributed by atoms with van der Waals surface area (Å²) in [6, 6.07) is 0. The van der Waals surface area contributed by atoms with E-state index < -0.39 is 92.6 Å². The molecule has 0 aromatic carbocycles. The molecule has 2 saturated heterocycles. The third-order valence-electron chi connectivity index (χ3n) is 4.70. The van der Waals surface area contributed by atoms with Crippen LogP contribution in [-0.4, -0.2) is 127 Å². The van der Waals surface area contributed by atoms with E-state index in [1.54, 1.807) is 0 Å². The van der Waals surface area contributed by atoms with Crippen LogP contribution >= 0.6 is 0 Å². The molecule has 0 unspecified atom stereocenters. The number of aliphatic hydroxyl groups excluding tert-OH is 7. The monoisotopic (exact) mass is 412 g/mol. The lowest BCUT2D eigenvalue weighted by molar-refractivity contribution is -0.326. The summed E-state index contributed by atoms with van der Waals surface area (Å²) in [4.78, 5) is 22.2. The zero-order valence-electron chi connectivity index (χ0n) is 14.5. The Morgan fingerprint density at radius 1 is 0.929 bits per heavy atom. The number of rotatable bonds is 8. The molecule has 2 rings (SSSR count). The summed E-state index contributed by atoms with van der Waals surface area (Å²) >= 11 is 0. The zero-order chi connectivity index (χ0) is 21.2. The number of hydrogen-bond donors (Lipinski definition) is 8. The highest BCUT2D eigenvalue weighted by Gasteiger charge is 2.51. The summed E-state index contributed by atoms with van der Waals surface area (Å²) in [6.07, 6.45) is -16.7. The number of Topliss-reactive ketones (excluding diaryl/α,β-unsaturated/α-hetero) is 1. The minimum absolute atomic E-state index is 0.680. The van der Waals surface area contributed by atoms with E-state index in [0.717, 1.165) is 0 Å². The highest BCUT2D eigenvalue weighted by molar-refractivity contribution is 6.32. The third-order valence-corrected chi connectivity index (χ3v) is 4.70. The van der Waals surface area contributed by atoms with Gasteiger partial charge in [-0.15, -0.1) is 0 Å². The molecule has 0 amide bonds. The van der Waals surface area contributed by atoms with Crippen molar-refractivity contribution in [3.05, 3.63) is 0 Å². The number of hydrogen-bond acceptors (Lipinski definition) is 12. The highest BCUT2D eigenvalue weighted by Crippen LogP contribution is 2.31. The normalized spacial score (nSPS) is 42.3. The number of aliphatic hydroxyl groups is 7. The summed E-state index contributed by atoms with van der Waals surface area (Å²) in [5, 5.41) is 76.8. The lowest BCUT2D eigenvalue weighted by Crippen LogP contribution is -2.62. The Labute approximate surface area is 158 Å². The van der Waals surface area contributed by atoms with E-state index in [1.807, 2.05) is 0 Å². The number of carboxylic acids is 1. The molecule has 2 heterocycles. The van der Waals surface area contributed by atoms with Crippen molar-refractivity contribution in [3.63, 3.8) is 0 Å². The first-order valence-corrected chi connectivity index (χ1v) is 8.46. The van der Waals surface area contributed by atoms with Gasteiger partial charge in [-0.2, -0.15) is 0 Å². The summed E-state index contributed by atoms with van der Waals surface area (Å²) in [6.45, 7) is -1.52. The number of carboxylic acid groups (broad SMARTS) is 1. The van der Waals surface area contributed by atoms with Crippen LogP contribution in [0.1, 0.15) is 6.42 Å². The van der Waals surface area contributed by atoms with Gasteiger partial charge in [0.1, 0.15) is 48.8 Å². The van der Waals surface area contributed by atoms with E-state index in [1.165, 1.54) is 0 Å². The number of ketones is 1. The first-order chi connectivity index (χ1) is 13.1. The molecule has 2 fully saturated rings. The minimum Gasteiger partial charge on any atom is -0.475 e. The Balaban J connectivity index is 2.18. The molecule has 0 spiro atoms. The molecule has 10 atom stereocenters. The lowest BCUT2D eigenvalue weighted by Gasteiger charge is -2.42. The molecule has 2 aliphatic rings. The van der Waals surface area contributed by atoms with Gasteiger partial charge in [0, 0.05) is 6.42 Å². The molecule has 8 N–H and O–H groups in total. The van der Waals surface area contributed by atoms with Gasteiger partial charge in [0.15, 0.2) is 6.29 Å². The minimum atomic E-state index is -1.85. The number of ether oxygens (including phenoxy) is 3. The van der Waals surface area contributed by atoms with Crippen LogP contribution in [0.2, 0.25) is 0 Å². The van der Waals surface area contributed by atoms with Crippen molar-refractivity contribution >= 4 is 11.8 Å². The Bertz CT molecular complexity index is 556. The molecule has 13 heteroatoms. The number of aliphatic carboxylic acids is 1. The molecule has 13 nitrogen and oxygen atoms in total. The van der Waals surface area contributed by atoms with Crippen LogP contribution in [0.4, 0.5) is 0 Å². The largest absolute Gasteiger partial charge is 0.475 e. The van der Waals surface area contributed by atoms with Crippen LogP contribution in [0.3, 0.4) is 0 Å². The molecule has 0 aliphatic carbocycles. The van der Waals surface area contributed by atoms with E-state index in [0.29, 0.717) is 0 Å². The lowest BCUT2D eigenvalue weighted by atomic mass is 9.95. The molecule has 0 bridgehead atoms. The highest BCUT2D eigenvalue weighted by atomic mass is 16.7. The van der Waals surface area contributed by atoms with Crippen LogP contribution in [0.25, 0.3) is 0 Å². The van der Waals surface area contributed by atoms with Crippen LogP contribution in [0, 0.1) is 0 Å². The van der Waals surface area contributed by atoms with Crippen molar-refractivity contribution < 1.29 is 64.7 Å². The Hall–Kier alpha value is -1.26. The van der Waals surface area contributed by atoms with Crippen molar-refractivity contribution in [1.29, 1.82) is 0 Å². The third kappa shape index (κ3) is 4.65. The second-order valence-electron chi connectivity index (χ2n) is 6.61. The summed E-state index contributed by atoms with van der Waals surface area (Å²) in [5.41, 5.74) is 0. The average molecular weight is 412 g/mol. The molecule has 0 saturated carbocycles. The quantitative estimate of drug-likeness (QED) is 0.175. The van der Waals surface area contributed by atoms with Gasteiger partial charge >= 0.3 is 5.97 Å². The molecule has 28 heavy (non-hydrogen) atoms. The summed E-state index contributed by atoms with van der Waals surface area (Å²) in [7, 11) is 0. The summed E-state index contributed by atoms with van der Waals surface area (Å²) in [5.74, 6) is -3.00. The zero-order valence-corrected chi connectivity index (χ0v) is 14.5. The number of carbonyl (C=O) groups excluding carboxylic acids is 1. The van der Waals surface area contributed by atoms with Crippen LogP contribution < -0.4 is 0 Å². The van der Waals surface area contributed by atoms with Gasteiger partial charge in [0.05, 0.1) is 19.3 Å². The molecule has 0 aromatic rings. The van der Waals surface area contributed by atoms with E-state index in [4.69, 9.17) is 24.4 Å². The SMILES string of the molecule is O=C(O)C(=O)C[C@H]1O[C@H](CO)[C@@H](O)[C@@H]1O[C@H]1O[C@H]([C@@H](O)CO)[C@@H](O)[C@H](O)[C@@H]1O. The van der Waals surface area contributed by atoms with Gasteiger partial charge in [-0.3, -0.25) is 4.79 Å². The molecule has 162 valence electrons. The number of carbonyl (C=O) groups is 2.